The Morgan fingerprint density at radius 3 is 2.10 bits per heavy atom. The number of hydrogen-bond acceptors (Lipinski definition) is 2. The number of amides is 2. The molecule has 0 atom stereocenters. The molecule has 116 valence electrons. The van der Waals surface area contributed by atoms with Gasteiger partial charge in [-0.05, 0) is 45.7 Å². The zero-order valence-electron chi connectivity index (χ0n) is 13.9. The van der Waals surface area contributed by atoms with E-state index in [4.69, 9.17) is 0 Å². The summed E-state index contributed by atoms with van der Waals surface area (Å²) in [6.07, 6.45) is 0.296. The molecule has 1 rings (SSSR count). The van der Waals surface area contributed by atoms with Crippen molar-refractivity contribution in [3.63, 3.8) is 0 Å². The lowest BCUT2D eigenvalue weighted by molar-refractivity contribution is -0.122. The van der Waals surface area contributed by atoms with Crippen molar-refractivity contribution < 1.29 is 9.59 Å². The number of nitrogens with zero attached hydrogens (tertiary/aromatic N) is 1. The van der Waals surface area contributed by atoms with Gasteiger partial charge < -0.3 is 10.2 Å². The van der Waals surface area contributed by atoms with E-state index in [1.54, 1.807) is 4.90 Å². The maximum absolute atomic E-state index is 11.9. The summed E-state index contributed by atoms with van der Waals surface area (Å²) in [5, 5.41) is 2.92. The lowest BCUT2D eigenvalue weighted by Crippen LogP contribution is -2.42. The SMILES string of the molecule is CC(=O)N(CCC(=O)NC(C)(C)C)c1c(C)cccc1C. The molecule has 0 aliphatic rings. The molecule has 2 amide bonds. The second-order valence-corrected chi connectivity index (χ2v) is 6.46. The second-order valence-electron chi connectivity index (χ2n) is 6.46. The predicted octanol–water partition coefficient (Wildman–Crippen LogP) is 2.96. The Balaban J connectivity index is 2.85. The number of benzene rings is 1. The summed E-state index contributed by atoms with van der Waals surface area (Å²) in [6, 6.07) is 5.93. The van der Waals surface area contributed by atoms with Crippen LogP contribution >= 0.6 is 0 Å². The van der Waals surface area contributed by atoms with E-state index < -0.39 is 0 Å². The van der Waals surface area contributed by atoms with Crippen LogP contribution in [0.15, 0.2) is 18.2 Å². The topological polar surface area (TPSA) is 49.4 Å². The molecular weight excluding hydrogens is 264 g/mol. The van der Waals surface area contributed by atoms with Gasteiger partial charge in [0.15, 0.2) is 0 Å². The van der Waals surface area contributed by atoms with Gasteiger partial charge in [-0.2, -0.15) is 0 Å². The fourth-order valence-corrected chi connectivity index (χ4v) is 2.35. The van der Waals surface area contributed by atoms with Gasteiger partial charge in [-0.1, -0.05) is 18.2 Å². The van der Waals surface area contributed by atoms with Crippen molar-refractivity contribution in [2.24, 2.45) is 0 Å². The van der Waals surface area contributed by atoms with Gasteiger partial charge in [0.1, 0.15) is 0 Å². The first-order chi connectivity index (χ1) is 9.61. The van der Waals surface area contributed by atoms with Crippen LogP contribution in [0.4, 0.5) is 5.69 Å². The first-order valence-electron chi connectivity index (χ1n) is 7.27. The van der Waals surface area contributed by atoms with Gasteiger partial charge in [0.25, 0.3) is 0 Å². The number of carbonyl (C=O) groups is 2. The minimum absolute atomic E-state index is 0.0417. The molecule has 0 aromatic heterocycles. The number of rotatable bonds is 4. The van der Waals surface area contributed by atoms with E-state index in [-0.39, 0.29) is 17.4 Å². The third-order valence-electron chi connectivity index (χ3n) is 3.17. The normalized spacial score (nSPS) is 11.1. The van der Waals surface area contributed by atoms with Crippen LogP contribution in [0.3, 0.4) is 0 Å². The number of anilines is 1. The molecule has 4 heteroatoms. The molecule has 0 bridgehead atoms. The van der Waals surface area contributed by atoms with Crippen LogP contribution in [0.2, 0.25) is 0 Å². The van der Waals surface area contributed by atoms with Crippen molar-refractivity contribution in [3.8, 4) is 0 Å². The average molecular weight is 290 g/mol. The Labute approximate surface area is 127 Å². The summed E-state index contributed by atoms with van der Waals surface area (Å²) in [7, 11) is 0. The highest BCUT2D eigenvalue weighted by molar-refractivity contribution is 5.94. The molecule has 0 saturated carbocycles. The maximum Gasteiger partial charge on any atom is 0.223 e. The molecule has 0 saturated heterocycles. The largest absolute Gasteiger partial charge is 0.351 e. The Bertz CT molecular complexity index is 510. The summed E-state index contributed by atoms with van der Waals surface area (Å²) in [5.74, 6) is -0.0871. The highest BCUT2D eigenvalue weighted by atomic mass is 16.2. The standard InChI is InChI=1S/C17H26N2O2/c1-12-8-7-9-13(2)16(12)19(14(3)20)11-10-15(21)18-17(4,5)6/h7-9H,10-11H2,1-6H3,(H,18,21). The molecule has 21 heavy (non-hydrogen) atoms. The monoisotopic (exact) mass is 290 g/mol. The minimum Gasteiger partial charge on any atom is -0.351 e. The highest BCUT2D eigenvalue weighted by Gasteiger charge is 2.19. The van der Waals surface area contributed by atoms with E-state index in [1.165, 1.54) is 6.92 Å². The van der Waals surface area contributed by atoms with Gasteiger partial charge in [-0.25, -0.2) is 0 Å². The fourth-order valence-electron chi connectivity index (χ4n) is 2.35. The third kappa shape index (κ3) is 5.21. The van der Waals surface area contributed by atoms with Crippen LogP contribution in [0, 0.1) is 13.8 Å². The van der Waals surface area contributed by atoms with Crippen LogP contribution in [0.1, 0.15) is 45.2 Å². The van der Waals surface area contributed by atoms with Gasteiger partial charge >= 0.3 is 0 Å². The minimum atomic E-state index is -0.253. The average Bonchev–Trinajstić information content (AvgIpc) is 2.29. The van der Waals surface area contributed by atoms with E-state index in [0.29, 0.717) is 13.0 Å². The van der Waals surface area contributed by atoms with Crippen LogP contribution in [0.25, 0.3) is 0 Å². The van der Waals surface area contributed by atoms with Crippen molar-refractivity contribution in [2.75, 3.05) is 11.4 Å². The summed E-state index contributed by atoms with van der Waals surface area (Å²) in [5.41, 5.74) is 2.74. The van der Waals surface area contributed by atoms with Gasteiger partial charge in [-0.15, -0.1) is 0 Å². The molecule has 1 N–H and O–H groups in total. The summed E-state index contributed by atoms with van der Waals surface area (Å²) >= 11 is 0. The molecule has 0 heterocycles. The zero-order valence-corrected chi connectivity index (χ0v) is 13.9. The summed E-state index contributed by atoms with van der Waals surface area (Å²) in [6.45, 7) is 11.7. The molecule has 0 radical (unpaired) electrons. The number of nitrogens with one attached hydrogen (secondary N) is 1. The highest BCUT2D eigenvalue weighted by Crippen LogP contribution is 2.24. The number of hydrogen-bond donors (Lipinski definition) is 1. The van der Waals surface area contributed by atoms with Crippen molar-refractivity contribution in [1.29, 1.82) is 0 Å². The van der Waals surface area contributed by atoms with E-state index in [9.17, 15) is 9.59 Å². The molecule has 4 nitrogen and oxygen atoms in total. The molecule has 1 aromatic carbocycles. The number of para-hydroxylation sites is 1. The Morgan fingerprint density at radius 2 is 1.67 bits per heavy atom. The lowest BCUT2D eigenvalue weighted by Gasteiger charge is -2.26. The van der Waals surface area contributed by atoms with E-state index in [0.717, 1.165) is 16.8 Å². The Morgan fingerprint density at radius 1 is 1.14 bits per heavy atom. The smallest absolute Gasteiger partial charge is 0.223 e. The number of carbonyl (C=O) groups excluding carboxylic acids is 2. The molecule has 0 aliphatic heterocycles. The first-order valence-corrected chi connectivity index (χ1v) is 7.27. The molecule has 0 aliphatic carbocycles. The fraction of sp³-hybridized carbons (Fsp3) is 0.529. The lowest BCUT2D eigenvalue weighted by atomic mass is 10.1. The van der Waals surface area contributed by atoms with Crippen LogP contribution in [-0.4, -0.2) is 23.9 Å². The summed E-state index contributed by atoms with van der Waals surface area (Å²) < 4.78 is 0. The Kier molecular flexibility index (Phi) is 5.53. The third-order valence-corrected chi connectivity index (χ3v) is 3.17. The van der Waals surface area contributed by atoms with Crippen molar-refractivity contribution in [1.82, 2.24) is 5.32 Å². The summed E-state index contributed by atoms with van der Waals surface area (Å²) in [4.78, 5) is 25.6. The molecule has 1 aromatic rings. The van der Waals surface area contributed by atoms with E-state index in [1.807, 2.05) is 52.8 Å². The zero-order chi connectivity index (χ0) is 16.2. The van der Waals surface area contributed by atoms with E-state index >= 15 is 0 Å². The van der Waals surface area contributed by atoms with Crippen LogP contribution in [0.5, 0.6) is 0 Å². The van der Waals surface area contributed by atoms with Gasteiger partial charge in [-0.3, -0.25) is 9.59 Å². The first kappa shape index (κ1) is 17.2. The van der Waals surface area contributed by atoms with Crippen molar-refractivity contribution >= 4 is 17.5 Å². The van der Waals surface area contributed by atoms with Crippen molar-refractivity contribution in [2.45, 2.75) is 53.5 Å². The van der Waals surface area contributed by atoms with Crippen molar-refractivity contribution in [3.05, 3.63) is 29.3 Å². The molecular formula is C17H26N2O2. The van der Waals surface area contributed by atoms with Crippen LogP contribution < -0.4 is 10.2 Å². The Hall–Kier alpha value is -1.84. The molecule has 0 spiro atoms. The molecule has 0 unspecified atom stereocenters. The van der Waals surface area contributed by atoms with Crippen LogP contribution in [-0.2, 0) is 9.59 Å². The predicted molar refractivity (Wildman–Crippen MR) is 86.5 cm³/mol. The number of aryl methyl sites for hydroxylation is 2. The molecule has 0 fully saturated rings. The van der Waals surface area contributed by atoms with Gasteiger partial charge in [0, 0.05) is 31.1 Å². The quantitative estimate of drug-likeness (QED) is 0.927. The van der Waals surface area contributed by atoms with Gasteiger partial charge in [0.05, 0.1) is 0 Å². The van der Waals surface area contributed by atoms with Gasteiger partial charge in [0.2, 0.25) is 11.8 Å². The maximum atomic E-state index is 11.9. The van der Waals surface area contributed by atoms with E-state index in [2.05, 4.69) is 5.32 Å². The second kappa shape index (κ2) is 6.74.